The van der Waals surface area contributed by atoms with E-state index in [2.05, 4.69) is 34.1 Å². The van der Waals surface area contributed by atoms with Gasteiger partial charge in [0.25, 0.3) is 0 Å². The van der Waals surface area contributed by atoms with Gasteiger partial charge in [0.2, 0.25) is 0 Å². The van der Waals surface area contributed by atoms with E-state index in [9.17, 15) is 5.11 Å². The van der Waals surface area contributed by atoms with Crippen LogP contribution in [0.25, 0.3) is 0 Å². The third-order valence-corrected chi connectivity index (χ3v) is 3.42. The molecule has 0 fully saturated rings. The summed E-state index contributed by atoms with van der Waals surface area (Å²) >= 11 is 0. The van der Waals surface area contributed by atoms with Crippen molar-refractivity contribution in [1.82, 2.24) is 4.98 Å². The Morgan fingerprint density at radius 2 is 1.83 bits per heavy atom. The van der Waals surface area contributed by atoms with E-state index in [0.29, 0.717) is 0 Å². The Balaban J connectivity index is 1.88. The van der Waals surface area contributed by atoms with Crippen molar-refractivity contribution in [2.45, 2.75) is 26.1 Å². The summed E-state index contributed by atoms with van der Waals surface area (Å²) in [4.78, 5) is 6.63. The monoisotopic (exact) mass is 240 g/mol. The Labute approximate surface area is 107 Å². The number of fused-ring (bicyclic) bond motifs is 1. The van der Waals surface area contributed by atoms with Crippen LogP contribution in [0.1, 0.15) is 29.7 Å². The highest BCUT2D eigenvalue weighted by atomic mass is 16.3. The molecule has 0 bridgehead atoms. The van der Waals surface area contributed by atoms with Crippen molar-refractivity contribution in [3.63, 3.8) is 0 Å². The topological polar surface area (TPSA) is 36.4 Å². The number of hydrogen-bond acceptors (Lipinski definition) is 3. The second-order valence-electron chi connectivity index (χ2n) is 4.75. The van der Waals surface area contributed by atoms with E-state index in [1.165, 1.54) is 11.1 Å². The SMILES string of the molecule is C[C@H](O)c1ccnc(N2Cc3ccccc3C2)c1. The maximum absolute atomic E-state index is 9.62. The molecule has 0 amide bonds. The van der Waals surface area contributed by atoms with Crippen LogP contribution in [0.4, 0.5) is 5.82 Å². The van der Waals surface area contributed by atoms with Crippen molar-refractivity contribution < 1.29 is 5.11 Å². The number of benzene rings is 1. The summed E-state index contributed by atoms with van der Waals surface area (Å²) in [6.45, 7) is 3.57. The van der Waals surface area contributed by atoms with E-state index in [0.717, 1.165) is 24.5 Å². The summed E-state index contributed by atoms with van der Waals surface area (Å²) < 4.78 is 0. The van der Waals surface area contributed by atoms with Crippen LogP contribution in [0.3, 0.4) is 0 Å². The number of aliphatic hydroxyl groups is 1. The fourth-order valence-electron chi connectivity index (χ4n) is 2.36. The lowest BCUT2D eigenvalue weighted by Crippen LogP contribution is -2.16. The molecule has 18 heavy (non-hydrogen) atoms. The van der Waals surface area contributed by atoms with E-state index < -0.39 is 6.10 Å². The summed E-state index contributed by atoms with van der Waals surface area (Å²) in [5.41, 5.74) is 3.64. The van der Waals surface area contributed by atoms with Crippen LogP contribution in [0.15, 0.2) is 42.6 Å². The van der Waals surface area contributed by atoms with Crippen LogP contribution in [-0.2, 0) is 13.1 Å². The van der Waals surface area contributed by atoms with Crippen LogP contribution >= 0.6 is 0 Å². The Bertz CT molecular complexity index is 541. The molecular formula is C15H16N2O. The van der Waals surface area contributed by atoms with Gasteiger partial charge in [-0.05, 0) is 35.7 Å². The molecule has 92 valence electrons. The number of aliphatic hydroxyl groups excluding tert-OH is 1. The van der Waals surface area contributed by atoms with Gasteiger partial charge in [-0.2, -0.15) is 0 Å². The van der Waals surface area contributed by atoms with Crippen LogP contribution in [-0.4, -0.2) is 10.1 Å². The molecule has 0 saturated carbocycles. The van der Waals surface area contributed by atoms with Crippen LogP contribution in [0.2, 0.25) is 0 Å². The lowest BCUT2D eigenvalue weighted by Gasteiger charge is -2.17. The maximum Gasteiger partial charge on any atom is 0.129 e. The first kappa shape index (κ1) is 11.2. The molecule has 1 aromatic heterocycles. The van der Waals surface area contributed by atoms with Gasteiger partial charge in [0.1, 0.15) is 5.82 Å². The molecule has 0 spiro atoms. The molecule has 0 radical (unpaired) electrons. The smallest absolute Gasteiger partial charge is 0.129 e. The lowest BCUT2D eigenvalue weighted by molar-refractivity contribution is 0.199. The third-order valence-electron chi connectivity index (χ3n) is 3.42. The van der Waals surface area contributed by atoms with E-state index >= 15 is 0 Å². The molecule has 0 aliphatic carbocycles. The summed E-state index contributed by atoms with van der Waals surface area (Å²) in [6.07, 6.45) is 1.32. The summed E-state index contributed by atoms with van der Waals surface area (Å²) in [5.74, 6) is 0.935. The minimum atomic E-state index is -0.447. The van der Waals surface area contributed by atoms with Crippen molar-refractivity contribution in [2.24, 2.45) is 0 Å². The summed E-state index contributed by atoms with van der Waals surface area (Å²) in [6, 6.07) is 12.3. The van der Waals surface area contributed by atoms with Crippen LogP contribution in [0, 0.1) is 0 Å². The number of aromatic nitrogens is 1. The van der Waals surface area contributed by atoms with E-state index in [1.807, 2.05) is 12.1 Å². The fraction of sp³-hybridized carbons (Fsp3) is 0.267. The Morgan fingerprint density at radius 3 is 2.44 bits per heavy atom. The number of hydrogen-bond donors (Lipinski definition) is 1. The van der Waals surface area contributed by atoms with Crippen molar-refractivity contribution in [1.29, 1.82) is 0 Å². The zero-order valence-corrected chi connectivity index (χ0v) is 10.4. The van der Waals surface area contributed by atoms with Gasteiger partial charge in [-0.25, -0.2) is 4.98 Å². The van der Waals surface area contributed by atoms with Crippen LogP contribution < -0.4 is 4.90 Å². The van der Waals surface area contributed by atoms with E-state index in [-0.39, 0.29) is 0 Å². The molecule has 1 N–H and O–H groups in total. The maximum atomic E-state index is 9.62. The molecule has 2 aromatic rings. The van der Waals surface area contributed by atoms with Gasteiger partial charge in [-0.3, -0.25) is 0 Å². The third kappa shape index (κ3) is 1.97. The Hall–Kier alpha value is -1.87. The average Bonchev–Trinajstić information content (AvgIpc) is 2.82. The molecule has 1 aromatic carbocycles. The first-order chi connectivity index (χ1) is 8.74. The average molecular weight is 240 g/mol. The minimum Gasteiger partial charge on any atom is -0.389 e. The normalized spacial score (nSPS) is 15.6. The Kier molecular flexibility index (Phi) is 2.76. The molecule has 2 heterocycles. The molecule has 1 atom stereocenters. The molecule has 3 nitrogen and oxygen atoms in total. The van der Waals surface area contributed by atoms with Gasteiger partial charge in [0.15, 0.2) is 0 Å². The molecule has 1 aliphatic rings. The molecule has 0 saturated heterocycles. The highest BCUT2D eigenvalue weighted by Crippen LogP contribution is 2.27. The van der Waals surface area contributed by atoms with E-state index in [4.69, 9.17) is 0 Å². The van der Waals surface area contributed by atoms with Crippen molar-refractivity contribution in [3.8, 4) is 0 Å². The molecule has 1 aliphatic heterocycles. The number of rotatable bonds is 2. The van der Waals surface area contributed by atoms with Crippen molar-refractivity contribution in [2.75, 3.05) is 4.90 Å². The molecule has 3 rings (SSSR count). The predicted octanol–water partition coefficient (Wildman–Crippen LogP) is 2.66. The molecule has 0 unspecified atom stereocenters. The summed E-state index contributed by atoms with van der Waals surface area (Å²) in [7, 11) is 0. The first-order valence-electron chi connectivity index (χ1n) is 6.20. The van der Waals surface area contributed by atoms with Gasteiger partial charge < -0.3 is 10.0 Å². The molecule has 3 heteroatoms. The fourth-order valence-corrected chi connectivity index (χ4v) is 2.36. The molecular weight excluding hydrogens is 224 g/mol. The second kappa shape index (κ2) is 4.42. The largest absolute Gasteiger partial charge is 0.389 e. The minimum absolute atomic E-state index is 0.447. The van der Waals surface area contributed by atoms with Gasteiger partial charge in [0.05, 0.1) is 6.10 Å². The number of pyridine rings is 1. The van der Waals surface area contributed by atoms with E-state index in [1.54, 1.807) is 13.1 Å². The number of anilines is 1. The van der Waals surface area contributed by atoms with Gasteiger partial charge in [0, 0.05) is 19.3 Å². The standard InChI is InChI=1S/C15H16N2O/c1-11(18)12-6-7-16-15(8-12)17-9-13-4-2-3-5-14(13)10-17/h2-8,11,18H,9-10H2,1H3/t11-/m0/s1. The van der Waals surface area contributed by atoms with Gasteiger partial charge in [-0.15, -0.1) is 0 Å². The van der Waals surface area contributed by atoms with Gasteiger partial charge in [-0.1, -0.05) is 24.3 Å². The van der Waals surface area contributed by atoms with Crippen LogP contribution in [0.5, 0.6) is 0 Å². The van der Waals surface area contributed by atoms with Crippen molar-refractivity contribution >= 4 is 5.82 Å². The summed E-state index contributed by atoms with van der Waals surface area (Å²) in [5, 5.41) is 9.62. The quantitative estimate of drug-likeness (QED) is 0.876. The zero-order valence-electron chi connectivity index (χ0n) is 10.4. The van der Waals surface area contributed by atoms with Gasteiger partial charge >= 0.3 is 0 Å². The highest BCUT2D eigenvalue weighted by molar-refractivity contribution is 5.48. The highest BCUT2D eigenvalue weighted by Gasteiger charge is 2.19. The van der Waals surface area contributed by atoms with Crippen molar-refractivity contribution in [3.05, 3.63) is 59.3 Å². The predicted molar refractivity (Wildman–Crippen MR) is 71.2 cm³/mol. The number of nitrogens with zero attached hydrogens (tertiary/aromatic N) is 2. The Morgan fingerprint density at radius 1 is 1.17 bits per heavy atom. The zero-order chi connectivity index (χ0) is 12.5. The second-order valence-corrected chi connectivity index (χ2v) is 4.75. The first-order valence-corrected chi connectivity index (χ1v) is 6.20. The lowest BCUT2D eigenvalue weighted by atomic mass is 10.1.